The minimum absolute atomic E-state index is 0.113. The number of thiophene rings is 2. The number of amides is 1. The molecule has 9 heteroatoms. The number of rotatable bonds is 9. The lowest BCUT2D eigenvalue weighted by Gasteiger charge is -2.24. The minimum Gasteiger partial charge on any atom is -0.508 e. The molecule has 4 aromatic rings. The van der Waals surface area contributed by atoms with Crippen molar-refractivity contribution in [2.45, 2.75) is 26.9 Å². The number of aromatic nitrogens is 2. The summed E-state index contributed by atoms with van der Waals surface area (Å²) in [4.78, 5) is 34.7. The molecule has 0 radical (unpaired) electrons. The fourth-order valence-corrected chi connectivity index (χ4v) is 5.44. The molecule has 0 fully saturated rings. The lowest BCUT2D eigenvalue weighted by Crippen LogP contribution is -2.39. The van der Waals surface area contributed by atoms with E-state index in [1.165, 1.54) is 15.9 Å². The molecule has 0 saturated carbocycles. The van der Waals surface area contributed by atoms with Crippen LogP contribution in [-0.2, 0) is 22.6 Å². The Labute approximate surface area is 199 Å². The minimum atomic E-state index is -0.211. The Morgan fingerprint density at radius 1 is 1.24 bits per heavy atom. The lowest BCUT2D eigenvalue weighted by molar-refractivity contribution is -0.133. The number of phenols is 1. The normalized spacial score (nSPS) is 11.2. The van der Waals surface area contributed by atoms with E-state index >= 15 is 0 Å². The third kappa shape index (κ3) is 5.16. The number of nitrogens with zero attached hydrogens (tertiary/aromatic N) is 3. The Bertz CT molecular complexity index is 1310. The van der Waals surface area contributed by atoms with Gasteiger partial charge >= 0.3 is 0 Å². The summed E-state index contributed by atoms with van der Waals surface area (Å²) in [7, 11) is 0. The van der Waals surface area contributed by atoms with Gasteiger partial charge in [0.2, 0.25) is 5.91 Å². The van der Waals surface area contributed by atoms with Gasteiger partial charge in [-0.3, -0.25) is 14.2 Å². The van der Waals surface area contributed by atoms with E-state index in [0.717, 1.165) is 16.0 Å². The average Bonchev–Trinajstić information content (AvgIpc) is 3.46. The number of hydrogen-bond acceptors (Lipinski definition) is 7. The molecule has 3 heterocycles. The zero-order chi connectivity index (χ0) is 23.4. The van der Waals surface area contributed by atoms with Crippen LogP contribution in [0.3, 0.4) is 0 Å². The summed E-state index contributed by atoms with van der Waals surface area (Å²) < 4.78 is 6.90. The van der Waals surface area contributed by atoms with Crippen molar-refractivity contribution in [1.29, 1.82) is 0 Å². The SMILES string of the molecule is CCOCCN(Cc1cccc(O)c1)C(=O)Cn1c(C)nc2scc(-c3cccs3)c2c1=O. The Kier molecular flexibility index (Phi) is 7.22. The van der Waals surface area contributed by atoms with Crippen molar-refractivity contribution in [2.75, 3.05) is 19.8 Å². The van der Waals surface area contributed by atoms with E-state index in [1.54, 1.807) is 41.4 Å². The molecule has 0 atom stereocenters. The molecule has 1 aromatic carbocycles. The van der Waals surface area contributed by atoms with Crippen molar-refractivity contribution < 1.29 is 14.6 Å². The summed E-state index contributed by atoms with van der Waals surface area (Å²) in [5, 5.41) is 14.3. The van der Waals surface area contributed by atoms with Crippen LogP contribution >= 0.6 is 22.7 Å². The summed E-state index contributed by atoms with van der Waals surface area (Å²) in [6, 6.07) is 10.7. The van der Waals surface area contributed by atoms with E-state index in [-0.39, 0.29) is 23.8 Å². The molecule has 0 bridgehead atoms. The van der Waals surface area contributed by atoms with Gasteiger partial charge in [-0.1, -0.05) is 18.2 Å². The first-order valence-corrected chi connectivity index (χ1v) is 12.4. The third-order valence-electron chi connectivity index (χ3n) is 5.31. The Morgan fingerprint density at radius 3 is 2.82 bits per heavy atom. The van der Waals surface area contributed by atoms with Crippen molar-refractivity contribution in [3.8, 4) is 16.2 Å². The number of carbonyl (C=O) groups excluding carboxylic acids is 1. The zero-order valence-corrected chi connectivity index (χ0v) is 20.1. The highest BCUT2D eigenvalue weighted by Crippen LogP contribution is 2.33. The molecule has 0 aliphatic heterocycles. The molecular weight excluding hydrogens is 458 g/mol. The summed E-state index contributed by atoms with van der Waals surface area (Å²) in [6.45, 7) is 5.16. The second-order valence-electron chi connectivity index (χ2n) is 7.54. The monoisotopic (exact) mass is 483 g/mol. The van der Waals surface area contributed by atoms with Crippen LogP contribution in [-0.4, -0.2) is 45.2 Å². The highest BCUT2D eigenvalue weighted by Gasteiger charge is 2.20. The van der Waals surface area contributed by atoms with E-state index in [0.29, 0.717) is 42.3 Å². The molecule has 0 aliphatic carbocycles. The Morgan fingerprint density at radius 2 is 2.09 bits per heavy atom. The van der Waals surface area contributed by atoms with Crippen LogP contribution in [0.25, 0.3) is 20.7 Å². The van der Waals surface area contributed by atoms with Gasteiger partial charge < -0.3 is 14.7 Å². The predicted molar refractivity (Wildman–Crippen MR) is 132 cm³/mol. The second-order valence-corrected chi connectivity index (χ2v) is 9.35. The van der Waals surface area contributed by atoms with Crippen molar-refractivity contribution in [3.63, 3.8) is 0 Å². The van der Waals surface area contributed by atoms with Gasteiger partial charge in [0.05, 0.1) is 12.0 Å². The van der Waals surface area contributed by atoms with Crippen LogP contribution in [0.4, 0.5) is 0 Å². The number of phenolic OH excluding ortho intramolecular Hbond substituents is 1. The van der Waals surface area contributed by atoms with Crippen LogP contribution in [0.5, 0.6) is 5.75 Å². The zero-order valence-electron chi connectivity index (χ0n) is 18.5. The molecule has 0 aliphatic rings. The quantitative estimate of drug-likeness (QED) is 0.360. The number of fused-ring (bicyclic) bond motifs is 1. The molecule has 7 nitrogen and oxygen atoms in total. The van der Waals surface area contributed by atoms with E-state index in [2.05, 4.69) is 4.98 Å². The number of aromatic hydroxyl groups is 1. The fourth-order valence-electron chi connectivity index (χ4n) is 3.65. The highest BCUT2D eigenvalue weighted by atomic mass is 32.1. The molecule has 4 rings (SSSR count). The van der Waals surface area contributed by atoms with Crippen molar-refractivity contribution in [3.05, 3.63) is 68.9 Å². The maximum atomic E-state index is 13.5. The third-order valence-corrected chi connectivity index (χ3v) is 7.09. The molecule has 3 aromatic heterocycles. The van der Waals surface area contributed by atoms with Crippen molar-refractivity contribution >= 4 is 38.8 Å². The number of carbonyl (C=O) groups is 1. The van der Waals surface area contributed by atoms with Crippen LogP contribution in [0, 0.1) is 6.92 Å². The smallest absolute Gasteiger partial charge is 0.263 e. The summed E-state index contributed by atoms with van der Waals surface area (Å²) in [5.74, 6) is 0.435. The van der Waals surface area contributed by atoms with Gasteiger partial charge in [-0.2, -0.15) is 0 Å². The van der Waals surface area contributed by atoms with Gasteiger partial charge in [-0.25, -0.2) is 4.98 Å². The van der Waals surface area contributed by atoms with Crippen LogP contribution in [0.1, 0.15) is 18.3 Å². The van der Waals surface area contributed by atoms with E-state index < -0.39 is 0 Å². The van der Waals surface area contributed by atoms with Gasteiger partial charge in [0, 0.05) is 35.5 Å². The highest BCUT2D eigenvalue weighted by molar-refractivity contribution is 7.18. The molecule has 1 amide bonds. The van der Waals surface area contributed by atoms with Crippen LogP contribution < -0.4 is 5.56 Å². The van der Waals surface area contributed by atoms with Gasteiger partial charge in [-0.05, 0) is 43.0 Å². The number of hydrogen-bond donors (Lipinski definition) is 1. The van der Waals surface area contributed by atoms with E-state index in [1.807, 2.05) is 35.9 Å². The van der Waals surface area contributed by atoms with Crippen molar-refractivity contribution in [2.24, 2.45) is 0 Å². The number of aryl methyl sites for hydroxylation is 1. The molecule has 1 N–H and O–H groups in total. The summed E-state index contributed by atoms with van der Waals surface area (Å²) >= 11 is 3.01. The fraction of sp³-hybridized carbons (Fsp3) is 0.292. The van der Waals surface area contributed by atoms with Gasteiger partial charge in [0.15, 0.2) is 0 Å². The first kappa shape index (κ1) is 23.2. The van der Waals surface area contributed by atoms with E-state index in [4.69, 9.17) is 4.74 Å². The topological polar surface area (TPSA) is 84.7 Å². The second kappa shape index (κ2) is 10.3. The van der Waals surface area contributed by atoms with Gasteiger partial charge in [0.25, 0.3) is 5.56 Å². The van der Waals surface area contributed by atoms with Crippen LogP contribution in [0.15, 0.2) is 52.0 Å². The molecule has 33 heavy (non-hydrogen) atoms. The summed E-state index contributed by atoms with van der Waals surface area (Å²) in [5.41, 5.74) is 1.45. The van der Waals surface area contributed by atoms with Crippen LogP contribution in [0.2, 0.25) is 0 Å². The van der Waals surface area contributed by atoms with E-state index in [9.17, 15) is 14.7 Å². The maximum Gasteiger partial charge on any atom is 0.263 e. The standard InChI is InChI=1S/C24H25N3O4S2/c1-3-31-10-9-26(13-17-6-4-7-18(28)12-17)21(29)14-27-16(2)25-23-22(24(27)30)19(15-33-23)20-8-5-11-32-20/h4-8,11-12,15,28H,3,9-10,13-14H2,1-2H3. The summed E-state index contributed by atoms with van der Waals surface area (Å²) in [6.07, 6.45) is 0. The predicted octanol–water partition coefficient (Wildman–Crippen LogP) is 4.27. The molecule has 172 valence electrons. The Balaban J connectivity index is 1.64. The lowest BCUT2D eigenvalue weighted by atomic mass is 10.2. The van der Waals surface area contributed by atoms with Gasteiger partial charge in [-0.15, -0.1) is 22.7 Å². The van der Waals surface area contributed by atoms with Gasteiger partial charge in [0.1, 0.15) is 22.9 Å². The van der Waals surface area contributed by atoms with Crippen molar-refractivity contribution in [1.82, 2.24) is 14.5 Å². The molecule has 0 spiro atoms. The maximum absolute atomic E-state index is 13.5. The first-order chi connectivity index (χ1) is 16.0. The molecule has 0 unspecified atom stereocenters. The number of benzene rings is 1. The molecule has 0 saturated heterocycles. The first-order valence-electron chi connectivity index (χ1n) is 10.6. The molecular formula is C24H25N3O4S2. The average molecular weight is 484 g/mol. The largest absolute Gasteiger partial charge is 0.508 e. The Hall–Kier alpha value is -3.01. The number of ether oxygens (including phenoxy) is 1.